The van der Waals surface area contributed by atoms with Gasteiger partial charge in [-0.15, -0.1) is 0 Å². The van der Waals surface area contributed by atoms with Crippen LogP contribution >= 0.6 is 0 Å². The van der Waals surface area contributed by atoms with Crippen molar-refractivity contribution >= 4 is 12.0 Å². The predicted molar refractivity (Wildman–Crippen MR) is 61.3 cm³/mol. The van der Waals surface area contributed by atoms with Crippen molar-refractivity contribution in [3.05, 3.63) is 0 Å². The summed E-state index contributed by atoms with van der Waals surface area (Å²) in [5, 5.41) is 9.15. The second-order valence-corrected chi connectivity index (χ2v) is 4.48. The molecule has 0 radical (unpaired) electrons. The molecule has 0 aromatic heterocycles. The number of hydrogen-bond donors (Lipinski definition) is 1. The normalized spacial score (nSPS) is 28.5. The van der Waals surface area contributed by atoms with Crippen LogP contribution in [0, 0.1) is 0 Å². The molecule has 2 heterocycles. The standard InChI is InChI=1S/C11H18N2O5/c1-17-8-6-9(10(14)15)13(7-8)11(16)12-2-4-18-5-3-12/h8-9H,2-7H2,1H3,(H,14,15). The average Bonchev–Trinajstić information content (AvgIpc) is 2.83. The molecule has 0 bridgehead atoms. The molecule has 1 N–H and O–H groups in total. The fraction of sp³-hybridized carbons (Fsp3) is 0.818. The highest BCUT2D eigenvalue weighted by molar-refractivity contribution is 5.83. The Balaban J connectivity index is 2.04. The first-order valence-corrected chi connectivity index (χ1v) is 6.02. The van der Waals surface area contributed by atoms with Gasteiger partial charge in [0.15, 0.2) is 0 Å². The molecule has 0 aromatic carbocycles. The molecule has 2 saturated heterocycles. The largest absolute Gasteiger partial charge is 0.480 e. The van der Waals surface area contributed by atoms with E-state index in [2.05, 4.69) is 0 Å². The van der Waals surface area contributed by atoms with Gasteiger partial charge in [-0.2, -0.15) is 0 Å². The number of hydrogen-bond acceptors (Lipinski definition) is 4. The van der Waals surface area contributed by atoms with Crippen molar-refractivity contribution in [3.8, 4) is 0 Å². The maximum atomic E-state index is 12.3. The van der Waals surface area contributed by atoms with E-state index in [1.807, 2.05) is 0 Å². The molecule has 7 nitrogen and oxygen atoms in total. The molecule has 2 atom stereocenters. The number of carboxylic acids is 1. The monoisotopic (exact) mass is 258 g/mol. The number of amides is 2. The molecule has 18 heavy (non-hydrogen) atoms. The van der Waals surface area contributed by atoms with E-state index < -0.39 is 12.0 Å². The van der Waals surface area contributed by atoms with Gasteiger partial charge in [-0.3, -0.25) is 0 Å². The van der Waals surface area contributed by atoms with Crippen molar-refractivity contribution in [2.45, 2.75) is 18.6 Å². The summed E-state index contributed by atoms with van der Waals surface area (Å²) in [6.07, 6.45) is 0.151. The van der Waals surface area contributed by atoms with Gasteiger partial charge in [-0.05, 0) is 0 Å². The SMILES string of the molecule is COC1CC(C(=O)O)N(C(=O)N2CCOCC2)C1. The van der Waals surface area contributed by atoms with Crippen LogP contribution < -0.4 is 0 Å². The summed E-state index contributed by atoms with van der Waals surface area (Å²) in [4.78, 5) is 26.4. The van der Waals surface area contributed by atoms with Crippen LogP contribution in [0.5, 0.6) is 0 Å². The molecule has 2 aliphatic rings. The summed E-state index contributed by atoms with van der Waals surface area (Å²) in [5.74, 6) is -0.976. The van der Waals surface area contributed by atoms with Crippen LogP contribution in [0.25, 0.3) is 0 Å². The van der Waals surface area contributed by atoms with Crippen molar-refractivity contribution in [1.29, 1.82) is 0 Å². The van der Waals surface area contributed by atoms with E-state index in [1.54, 1.807) is 4.90 Å². The summed E-state index contributed by atoms with van der Waals surface area (Å²) in [7, 11) is 1.53. The Kier molecular flexibility index (Phi) is 4.03. The van der Waals surface area contributed by atoms with Crippen molar-refractivity contribution in [2.24, 2.45) is 0 Å². The zero-order valence-corrected chi connectivity index (χ0v) is 10.4. The smallest absolute Gasteiger partial charge is 0.326 e. The molecule has 2 amide bonds. The number of urea groups is 1. The lowest BCUT2D eigenvalue weighted by Gasteiger charge is -2.32. The number of ether oxygens (including phenoxy) is 2. The van der Waals surface area contributed by atoms with Gasteiger partial charge in [0.1, 0.15) is 6.04 Å². The number of rotatable bonds is 2. The summed E-state index contributed by atoms with van der Waals surface area (Å²) >= 11 is 0. The van der Waals surface area contributed by atoms with Crippen molar-refractivity contribution < 1.29 is 24.2 Å². The maximum Gasteiger partial charge on any atom is 0.326 e. The second-order valence-electron chi connectivity index (χ2n) is 4.48. The number of carbonyl (C=O) groups excluding carboxylic acids is 1. The van der Waals surface area contributed by atoms with Gasteiger partial charge in [0.2, 0.25) is 0 Å². The molecule has 0 aromatic rings. The lowest BCUT2D eigenvalue weighted by atomic mass is 10.2. The number of carbonyl (C=O) groups is 2. The molecule has 0 spiro atoms. The molecule has 2 aliphatic heterocycles. The minimum atomic E-state index is -0.976. The first-order valence-electron chi connectivity index (χ1n) is 6.02. The molecule has 102 valence electrons. The predicted octanol–water partition coefficient (Wildman–Crippen LogP) is -0.387. The van der Waals surface area contributed by atoms with Crippen molar-refractivity contribution in [2.75, 3.05) is 40.0 Å². The number of morpholine rings is 1. The molecule has 2 fully saturated rings. The fourth-order valence-corrected chi connectivity index (χ4v) is 2.35. The minimum Gasteiger partial charge on any atom is -0.480 e. The highest BCUT2D eigenvalue weighted by atomic mass is 16.5. The highest BCUT2D eigenvalue weighted by Crippen LogP contribution is 2.22. The van der Waals surface area contributed by atoms with Crippen LogP contribution in [0.2, 0.25) is 0 Å². The molecule has 2 unspecified atom stereocenters. The number of methoxy groups -OCH3 is 1. The van der Waals surface area contributed by atoms with E-state index in [0.717, 1.165) is 0 Å². The summed E-state index contributed by atoms with van der Waals surface area (Å²) < 4.78 is 10.3. The van der Waals surface area contributed by atoms with E-state index >= 15 is 0 Å². The molecular weight excluding hydrogens is 240 g/mol. The molecule has 7 heteroatoms. The van der Waals surface area contributed by atoms with Gasteiger partial charge >= 0.3 is 12.0 Å². The third-order valence-electron chi connectivity index (χ3n) is 3.41. The van der Waals surface area contributed by atoms with Crippen LogP contribution in [0.3, 0.4) is 0 Å². The topological polar surface area (TPSA) is 79.3 Å². The van der Waals surface area contributed by atoms with Crippen LogP contribution in [0.4, 0.5) is 4.79 Å². The Morgan fingerprint density at radius 2 is 2.00 bits per heavy atom. The molecule has 0 saturated carbocycles. The van der Waals surface area contributed by atoms with Gasteiger partial charge in [0.05, 0.1) is 19.3 Å². The van der Waals surface area contributed by atoms with Gasteiger partial charge in [-0.1, -0.05) is 0 Å². The van der Waals surface area contributed by atoms with Crippen LogP contribution in [-0.2, 0) is 14.3 Å². The minimum absolute atomic E-state index is 0.198. The summed E-state index contributed by atoms with van der Waals surface area (Å²) in [5.41, 5.74) is 0. The summed E-state index contributed by atoms with van der Waals surface area (Å²) in [6, 6.07) is -1.02. The highest BCUT2D eigenvalue weighted by Gasteiger charge is 2.41. The number of carboxylic acid groups (broad SMARTS) is 1. The Morgan fingerprint density at radius 1 is 1.33 bits per heavy atom. The van der Waals surface area contributed by atoms with Gasteiger partial charge < -0.3 is 24.4 Å². The van der Waals surface area contributed by atoms with E-state index in [1.165, 1.54) is 12.0 Å². The van der Waals surface area contributed by atoms with Gasteiger partial charge in [0.25, 0.3) is 0 Å². The van der Waals surface area contributed by atoms with E-state index in [-0.39, 0.29) is 12.1 Å². The molecular formula is C11H18N2O5. The molecule has 2 rings (SSSR count). The van der Waals surface area contributed by atoms with Crippen molar-refractivity contribution in [1.82, 2.24) is 9.80 Å². The average molecular weight is 258 g/mol. The molecule has 0 aliphatic carbocycles. The Bertz CT molecular complexity index is 329. The lowest BCUT2D eigenvalue weighted by molar-refractivity contribution is -0.141. The Morgan fingerprint density at radius 3 is 2.56 bits per heavy atom. The second kappa shape index (κ2) is 5.53. The first-order chi connectivity index (χ1) is 8.63. The quantitative estimate of drug-likeness (QED) is 0.730. The first kappa shape index (κ1) is 13.1. The van der Waals surface area contributed by atoms with Gasteiger partial charge in [0, 0.05) is 33.2 Å². The zero-order valence-electron chi connectivity index (χ0n) is 10.4. The Labute approximate surface area is 105 Å². The fourth-order valence-electron chi connectivity index (χ4n) is 2.35. The van der Waals surface area contributed by atoms with Crippen molar-refractivity contribution in [3.63, 3.8) is 0 Å². The Hall–Kier alpha value is -1.34. The zero-order chi connectivity index (χ0) is 13.1. The third kappa shape index (κ3) is 2.56. The van der Waals surface area contributed by atoms with Gasteiger partial charge in [-0.25, -0.2) is 9.59 Å². The maximum absolute atomic E-state index is 12.3. The van der Waals surface area contributed by atoms with E-state index in [9.17, 15) is 9.59 Å². The summed E-state index contributed by atoms with van der Waals surface area (Å²) in [6.45, 7) is 2.37. The number of nitrogens with zero attached hydrogens (tertiary/aromatic N) is 2. The van der Waals surface area contributed by atoms with E-state index in [4.69, 9.17) is 14.6 Å². The van der Waals surface area contributed by atoms with Crippen LogP contribution in [0.15, 0.2) is 0 Å². The lowest BCUT2D eigenvalue weighted by Crippen LogP contribution is -2.51. The number of aliphatic carboxylic acids is 1. The third-order valence-corrected chi connectivity index (χ3v) is 3.41. The van der Waals surface area contributed by atoms with Crippen LogP contribution in [0.1, 0.15) is 6.42 Å². The van der Waals surface area contributed by atoms with E-state index in [0.29, 0.717) is 39.3 Å². The van der Waals surface area contributed by atoms with Crippen LogP contribution in [-0.4, -0.2) is 79.0 Å². The number of likely N-dealkylation sites (tertiary alicyclic amines) is 1.